The molecule has 2 aromatic carbocycles. The lowest BCUT2D eigenvalue weighted by atomic mass is 9.85. The highest BCUT2D eigenvalue weighted by molar-refractivity contribution is 9.10. The van der Waals surface area contributed by atoms with Gasteiger partial charge >= 0.3 is 0 Å². The first-order valence-corrected chi connectivity index (χ1v) is 8.22. The smallest absolute Gasteiger partial charge is 0.252 e. The molecule has 0 aliphatic heterocycles. The van der Waals surface area contributed by atoms with Crippen LogP contribution in [-0.4, -0.2) is 12.2 Å². The van der Waals surface area contributed by atoms with Crippen molar-refractivity contribution in [3.8, 4) is 0 Å². The highest BCUT2D eigenvalue weighted by Gasteiger charge is 2.24. The Morgan fingerprint density at radius 1 is 1.13 bits per heavy atom. The van der Waals surface area contributed by atoms with Crippen molar-refractivity contribution in [2.45, 2.75) is 12.8 Å². The highest BCUT2D eigenvalue weighted by atomic mass is 79.9. The molecule has 3 nitrogen and oxygen atoms in total. The van der Waals surface area contributed by atoms with E-state index in [1.54, 1.807) is 24.3 Å². The van der Waals surface area contributed by atoms with Crippen LogP contribution in [-0.2, 0) is 16.0 Å². The molecule has 0 spiro atoms. The van der Waals surface area contributed by atoms with Crippen molar-refractivity contribution in [3.63, 3.8) is 0 Å². The summed E-state index contributed by atoms with van der Waals surface area (Å²) in [7, 11) is 0. The zero-order valence-electron chi connectivity index (χ0n) is 12.0. The molecule has 0 saturated carbocycles. The summed E-state index contributed by atoms with van der Waals surface area (Å²) < 4.78 is 0.931. The SMILES string of the molecule is O=[C]C1=C(C(=O)Nc2ccc(Br)cc2)CCc2cc(Cl)ccc21. The van der Waals surface area contributed by atoms with Crippen molar-refractivity contribution in [2.75, 3.05) is 5.32 Å². The Bertz CT molecular complexity index is 812. The van der Waals surface area contributed by atoms with E-state index in [1.807, 2.05) is 24.5 Å². The van der Waals surface area contributed by atoms with Crippen LogP contribution < -0.4 is 5.32 Å². The molecule has 0 fully saturated rings. The van der Waals surface area contributed by atoms with Gasteiger partial charge in [0.25, 0.3) is 5.91 Å². The van der Waals surface area contributed by atoms with Gasteiger partial charge in [-0.25, -0.2) is 0 Å². The van der Waals surface area contributed by atoms with Crippen LogP contribution in [0.3, 0.4) is 0 Å². The molecule has 0 bridgehead atoms. The number of amides is 1. The van der Waals surface area contributed by atoms with Crippen molar-refractivity contribution in [1.29, 1.82) is 0 Å². The number of aryl methyl sites for hydroxylation is 1. The highest BCUT2D eigenvalue weighted by Crippen LogP contribution is 2.32. The molecular weight excluding hydrogens is 378 g/mol. The first kappa shape index (κ1) is 16.0. The molecule has 1 N–H and O–H groups in total. The summed E-state index contributed by atoms with van der Waals surface area (Å²) in [5.41, 5.74) is 3.15. The van der Waals surface area contributed by atoms with Crippen LogP contribution in [0.4, 0.5) is 5.69 Å². The Hall–Kier alpha value is -1.91. The minimum atomic E-state index is -0.272. The number of halogens is 2. The van der Waals surface area contributed by atoms with Gasteiger partial charge in [0.1, 0.15) is 0 Å². The van der Waals surface area contributed by atoms with Crippen molar-refractivity contribution in [2.24, 2.45) is 0 Å². The van der Waals surface area contributed by atoms with E-state index in [-0.39, 0.29) is 5.91 Å². The molecule has 23 heavy (non-hydrogen) atoms. The molecule has 5 heteroatoms. The number of fused-ring (bicyclic) bond motifs is 1. The molecule has 1 radical (unpaired) electrons. The number of nitrogens with one attached hydrogen (secondary N) is 1. The maximum Gasteiger partial charge on any atom is 0.252 e. The fourth-order valence-corrected chi connectivity index (χ4v) is 3.10. The van der Waals surface area contributed by atoms with Crippen molar-refractivity contribution >= 4 is 51.0 Å². The number of allylic oxidation sites excluding steroid dienone is 1. The van der Waals surface area contributed by atoms with E-state index < -0.39 is 0 Å². The zero-order valence-corrected chi connectivity index (χ0v) is 14.4. The van der Waals surface area contributed by atoms with Gasteiger partial charge in [0.05, 0.1) is 0 Å². The van der Waals surface area contributed by atoms with Gasteiger partial charge in [0.15, 0.2) is 0 Å². The quantitative estimate of drug-likeness (QED) is 0.837. The normalized spacial score (nSPS) is 13.5. The summed E-state index contributed by atoms with van der Waals surface area (Å²) >= 11 is 9.34. The minimum Gasteiger partial charge on any atom is -0.322 e. The average Bonchev–Trinajstić information content (AvgIpc) is 2.55. The third kappa shape index (κ3) is 3.38. The molecule has 3 rings (SSSR count). The van der Waals surface area contributed by atoms with Gasteiger partial charge in [-0.05, 0) is 60.4 Å². The van der Waals surface area contributed by atoms with E-state index in [9.17, 15) is 9.59 Å². The van der Waals surface area contributed by atoms with E-state index in [0.29, 0.717) is 34.7 Å². The monoisotopic (exact) mass is 388 g/mol. The predicted octanol–water partition coefficient (Wildman–Crippen LogP) is 4.55. The average molecular weight is 390 g/mol. The molecule has 115 valence electrons. The number of hydrogen-bond donors (Lipinski definition) is 1. The van der Waals surface area contributed by atoms with Gasteiger partial charge < -0.3 is 5.32 Å². The molecule has 1 amide bonds. The second-order valence-electron chi connectivity index (χ2n) is 5.22. The molecule has 0 saturated heterocycles. The Balaban J connectivity index is 1.93. The maximum absolute atomic E-state index is 12.5. The van der Waals surface area contributed by atoms with Crippen LogP contribution >= 0.6 is 27.5 Å². The van der Waals surface area contributed by atoms with E-state index in [4.69, 9.17) is 11.6 Å². The van der Waals surface area contributed by atoms with Crippen LogP contribution in [0.25, 0.3) is 5.57 Å². The van der Waals surface area contributed by atoms with Gasteiger partial charge in [0.2, 0.25) is 6.29 Å². The second kappa shape index (κ2) is 6.69. The first-order chi connectivity index (χ1) is 11.1. The number of benzene rings is 2. The van der Waals surface area contributed by atoms with Crippen LogP contribution in [0.5, 0.6) is 0 Å². The molecule has 1 aliphatic carbocycles. The van der Waals surface area contributed by atoms with Crippen molar-refractivity contribution in [3.05, 3.63) is 68.7 Å². The Labute approximate surface area is 147 Å². The van der Waals surface area contributed by atoms with Crippen molar-refractivity contribution < 1.29 is 9.59 Å². The van der Waals surface area contributed by atoms with Gasteiger partial charge in [-0.2, -0.15) is 0 Å². The number of hydrogen-bond acceptors (Lipinski definition) is 2. The van der Waals surface area contributed by atoms with Crippen LogP contribution in [0.2, 0.25) is 5.02 Å². The standard InChI is InChI=1S/C18H12BrClNO2/c19-12-2-5-14(6-3-12)21-18(23)16-7-1-11-9-13(20)4-8-15(11)17(16)10-22/h2-6,8-9H,1,7H2,(H,21,23). The Kier molecular flexibility index (Phi) is 4.64. The Morgan fingerprint density at radius 2 is 1.87 bits per heavy atom. The summed E-state index contributed by atoms with van der Waals surface area (Å²) in [6.07, 6.45) is 3.08. The summed E-state index contributed by atoms with van der Waals surface area (Å²) in [5.74, 6) is -0.272. The van der Waals surface area contributed by atoms with Gasteiger partial charge in [-0.15, -0.1) is 0 Å². The van der Waals surface area contributed by atoms with E-state index in [2.05, 4.69) is 21.2 Å². The number of carbonyl (C=O) groups is 1. The Morgan fingerprint density at radius 3 is 2.57 bits per heavy atom. The second-order valence-corrected chi connectivity index (χ2v) is 6.57. The van der Waals surface area contributed by atoms with E-state index in [1.165, 1.54) is 0 Å². The molecule has 0 aromatic heterocycles. The fourth-order valence-electron chi connectivity index (χ4n) is 2.64. The number of rotatable bonds is 3. The third-order valence-electron chi connectivity index (χ3n) is 3.76. The first-order valence-electron chi connectivity index (χ1n) is 7.05. The predicted molar refractivity (Wildman–Crippen MR) is 95.2 cm³/mol. The number of carbonyl (C=O) groups excluding carboxylic acids is 2. The zero-order chi connectivity index (χ0) is 16.4. The van der Waals surface area contributed by atoms with Gasteiger partial charge in [-0.1, -0.05) is 33.6 Å². The van der Waals surface area contributed by atoms with E-state index in [0.717, 1.165) is 15.6 Å². The molecule has 1 aliphatic rings. The van der Waals surface area contributed by atoms with Gasteiger partial charge in [0, 0.05) is 26.3 Å². The van der Waals surface area contributed by atoms with Crippen molar-refractivity contribution in [1.82, 2.24) is 0 Å². The molecular formula is C18H12BrClNO2. The van der Waals surface area contributed by atoms with Crippen LogP contribution in [0, 0.1) is 0 Å². The largest absolute Gasteiger partial charge is 0.322 e. The molecule has 0 heterocycles. The van der Waals surface area contributed by atoms with E-state index >= 15 is 0 Å². The fraction of sp³-hybridized carbons (Fsp3) is 0.111. The summed E-state index contributed by atoms with van der Waals surface area (Å²) in [4.78, 5) is 23.9. The molecule has 0 unspecified atom stereocenters. The third-order valence-corrected chi connectivity index (χ3v) is 4.52. The minimum absolute atomic E-state index is 0.272. The lowest BCUT2D eigenvalue weighted by Gasteiger charge is -2.20. The number of anilines is 1. The molecule has 2 aromatic rings. The van der Waals surface area contributed by atoms with Crippen LogP contribution in [0.1, 0.15) is 17.5 Å². The van der Waals surface area contributed by atoms with Crippen LogP contribution in [0.15, 0.2) is 52.5 Å². The summed E-state index contributed by atoms with van der Waals surface area (Å²) in [5, 5.41) is 3.44. The topological polar surface area (TPSA) is 46.2 Å². The van der Waals surface area contributed by atoms with Gasteiger partial charge in [-0.3, -0.25) is 9.59 Å². The summed E-state index contributed by atoms with van der Waals surface area (Å²) in [6, 6.07) is 12.6. The maximum atomic E-state index is 12.5. The molecule has 0 atom stereocenters. The summed E-state index contributed by atoms with van der Waals surface area (Å²) in [6.45, 7) is 0. The lowest BCUT2D eigenvalue weighted by molar-refractivity contribution is -0.112. The lowest BCUT2D eigenvalue weighted by Crippen LogP contribution is -2.19.